The first kappa shape index (κ1) is 8.74. The van der Waals surface area contributed by atoms with E-state index in [4.69, 9.17) is 17.3 Å². The van der Waals surface area contributed by atoms with Crippen LogP contribution in [0, 0.1) is 0 Å². The predicted octanol–water partition coefficient (Wildman–Crippen LogP) is 1.91. The van der Waals surface area contributed by atoms with Gasteiger partial charge in [-0.3, -0.25) is 0 Å². The van der Waals surface area contributed by atoms with Crippen LogP contribution in [0.5, 0.6) is 0 Å². The third-order valence-corrected chi connectivity index (χ3v) is 3.82. The standard InChI is InChI=1S/C10H14ClN3/c11-9-13-6-7-2-1-3-8(14(7)9)10(12)4-5-10/h6,8H,1-5,12H2. The molecule has 0 saturated heterocycles. The monoisotopic (exact) mass is 211 g/mol. The van der Waals surface area contributed by atoms with Gasteiger partial charge >= 0.3 is 0 Å². The Morgan fingerprint density at radius 1 is 1.57 bits per heavy atom. The van der Waals surface area contributed by atoms with E-state index in [9.17, 15) is 0 Å². The fraction of sp³-hybridized carbons (Fsp3) is 0.700. The molecule has 1 aromatic heterocycles. The fourth-order valence-corrected chi connectivity index (χ4v) is 2.79. The Labute approximate surface area is 88.3 Å². The van der Waals surface area contributed by atoms with Crippen LogP contribution >= 0.6 is 11.6 Å². The molecule has 14 heavy (non-hydrogen) atoms. The first-order valence-electron chi connectivity index (χ1n) is 5.21. The van der Waals surface area contributed by atoms with E-state index < -0.39 is 0 Å². The van der Waals surface area contributed by atoms with Crippen molar-refractivity contribution < 1.29 is 0 Å². The molecule has 1 unspecified atom stereocenters. The lowest BCUT2D eigenvalue weighted by Gasteiger charge is -2.31. The summed E-state index contributed by atoms with van der Waals surface area (Å²) in [6.45, 7) is 0. The van der Waals surface area contributed by atoms with Crippen LogP contribution in [0.25, 0.3) is 0 Å². The van der Waals surface area contributed by atoms with Gasteiger partial charge in [-0.1, -0.05) is 0 Å². The van der Waals surface area contributed by atoms with Crippen LogP contribution in [0.4, 0.5) is 0 Å². The molecule has 1 saturated carbocycles. The van der Waals surface area contributed by atoms with Gasteiger partial charge < -0.3 is 10.3 Å². The van der Waals surface area contributed by atoms with Crippen molar-refractivity contribution in [3.05, 3.63) is 17.2 Å². The summed E-state index contributed by atoms with van der Waals surface area (Å²) in [6.07, 6.45) is 7.61. The Morgan fingerprint density at radius 2 is 2.36 bits per heavy atom. The number of hydrogen-bond acceptors (Lipinski definition) is 2. The number of hydrogen-bond donors (Lipinski definition) is 1. The van der Waals surface area contributed by atoms with Gasteiger partial charge in [0.1, 0.15) is 0 Å². The Hall–Kier alpha value is -0.540. The van der Waals surface area contributed by atoms with Crippen molar-refractivity contribution in [1.29, 1.82) is 0 Å². The van der Waals surface area contributed by atoms with E-state index in [2.05, 4.69) is 9.55 Å². The first-order chi connectivity index (χ1) is 6.71. The minimum absolute atomic E-state index is 0.0134. The third kappa shape index (κ3) is 1.12. The Morgan fingerprint density at radius 3 is 3.07 bits per heavy atom. The molecule has 76 valence electrons. The summed E-state index contributed by atoms with van der Waals surface area (Å²) in [5.41, 5.74) is 7.52. The van der Waals surface area contributed by atoms with Crippen LogP contribution in [-0.4, -0.2) is 15.1 Å². The van der Waals surface area contributed by atoms with Gasteiger partial charge in [0.2, 0.25) is 5.28 Å². The molecule has 1 fully saturated rings. The lowest BCUT2D eigenvalue weighted by atomic mass is 9.95. The molecule has 3 rings (SSSR count). The highest BCUT2D eigenvalue weighted by molar-refractivity contribution is 6.28. The topological polar surface area (TPSA) is 43.8 Å². The lowest BCUT2D eigenvalue weighted by Crippen LogP contribution is -2.37. The van der Waals surface area contributed by atoms with Crippen molar-refractivity contribution in [3.63, 3.8) is 0 Å². The van der Waals surface area contributed by atoms with Crippen LogP contribution in [0.2, 0.25) is 5.28 Å². The predicted molar refractivity (Wildman–Crippen MR) is 55.4 cm³/mol. The molecule has 3 nitrogen and oxygen atoms in total. The minimum atomic E-state index is 0.0134. The SMILES string of the molecule is NC1(C2CCCc3cnc(Cl)n32)CC1. The molecule has 1 aliphatic heterocycles. The van der Waals surface area contributed by atoms with Gasteiger partial charge in [0.15, 0.2) is 0 Å². The number of fused-ring (bicyclic) bond motifs is 1. The summed E-state index contributed by atoms with van der Waals surface area (Å²) in [5.74, 6) is 0. The van der Waals surface area contributed by atoms with Crippen LogP contribution in [0.1, 0.15) is 37.4 Å². The van der Waals surface area contributed by atoms with E-state index in [1.54, 1.807) is 0 Å². The van der Waals surface area contributed by atoms with Crippen molar-refractivity contribution in [3.8, 4) is 0 Å². The maximum absolute atomic E-state index is 6.26. The molecule has 1 atom stereocenters. The summed E-state index contributed by atoms with van der Waals surface area (Å²) < 4.78 is 2.15. The molecule has 1 aliphatic carbocycles. The van der Waals surface area contributed by atoms with Crippen LogP contribution < -0.4 is 5.73 Å². The first-order valence-corrected chi connectivity index (χ1v) is 5.59. The number of halogens is 1. The maximum Gasteiger partial charge on any atom is 0.203 e. The second-order valence-corrected chi connectivity index (χ2v) is 4.87. The molecule has 4 heteroatoms. The van der Waals surface area contributed by atoms with Gasteiger partial charge in [0.25, 0.3) is 0 Å². The zero-order valence-corrected chi connectivity index (χ0v) is 8.80. The molecule has 2 heterocycles. The van der Waals surface area contributed by atoms with E-state index in [1.807, 2.05) is 6.20 Å². The molecule has 0 aromatic carbocycles. The van der Waals surface area contributed by atoms with Gasteiger partial charge in [0.05, 0.1) is 6.04 Å². The van der Waals surface area contributed by atoms with Crippen molar-refractivity contribution in [2.45, 2.75) is 43.7 Å². The van der Waals surface area contributed by atoms with Gasteiger partial charge in [-0.15, -0.1) is 0 Å². The molecule has 0 bridgehead atoms. The van der Waals surface area contributed by atoms with Gasteiger partial charge in [-0.2, -0.15) is 0 Å². The highest BCUT2D eigenvalue weighted by Gasteiger charge is 2.48. The zero-order valence-electron chi connectivity index (χ0n) is 8.04. The largest absolute Gasteiger partial charge is 0.323 e. The van der Waals surface area contributed by atoms with Gasteiger partial charge in [-0.25, -0.2) is 4.98 Å². The Kier molecular flexibility index (Phi) is 1.71. The molecule has 1 aromatic rings. The van der Waals surface area contributed by atoms with E-state index >= 15 is 0 Å². The fourth-order valence-electron chi connectivity index (χ4n) is 2.51. The molecular formula is C10H14ClN3. The van der Waals surface area contributed by atoms with Crippen molar-refractivity contribution in [1.82, 2.24) is 9.55 Å². The summed E-state index contributed by atoms with van der Waals surface area (Å²) in [7, 11) is 0. The second-order valence-electron chi connectivity index (χ2n) is 4.53. The summed E-state index contributed by atoms with van der Waals surface area (Å²) >= 11 is 6.08. The molecule has 0 spiro atoms. The van der Waals surface area contributed by atoms with Crippen LogP contribution in [0.15, 0.2) is 6.20 Å². The van der Waals surface area contributed by atoms with Crippen molar-refractivity contribution in [2.24, 2.45) is 5.73 Å². The molecule has 2 N–H and O–H groups in total. The third-order valence-electron chi connectivity index (χ3n) is 3.54. The molecule has 0 amide bonds. The number of rotatable bonds is 1. The van der Waals surface area contributed by atoms with Crippen molar-refractivity contribution >= 4 is 11.6 Å². The van der Waals surface area contributed by atoms with Crippen LogP contribution in [-0.2, 0) is 6.42 Å². The Balaban J connectivity index is 2.05. The zero-order chi connectivity index (χ0) is 9.76. The number of imidazole rings is 1. The molecule has 2 aliphatic rings. The van der Waals surface area contributed by atoms with Gasteiger partial charge in [-0.05, 0) is 43.7 Å². The second kappa shape index (κ2) is 2.74. The summed E-state index contributed by atoms with van der Waals surface area (Å²) in [5, 5.41) is 0.612. The number of aryl methyl sites for hydroxylation is 1. The normalized spacial score (nSPS) is 28.6. The van der Waals surface area contributed by atoms with E-state index in [0.29, 0.717) is 11.3 Å². The average Bonchev–Trinajstić information content (AvgIpc) is 2.83. The smallest absolute Gasteiger partial charge is 0.203 e. The van der Waals surface area contributed by atoms with Crippen LogP contribution in [0.3, 0.4) is 0 Å². The van der Waals surface area contributed by atoms with Gasteiger partial charge in [0, 0.05) is 17.4 Å². The maximum atomic E-state index is 6.26. The minimum Gasteiger partial charge on any atom is -0.323 e. The summed E-state index contributed by atoms with van der Waals surface area (Å²) in [6, 6.07) is 0.390. The van der Waals surface area contributed by atoms with E-state index in [0.717, 1.165) is 25.7 Å². The molecule has 0 radical (unpaired) electrons. The number of aromatic nitrogens is 2. The van der Waals surface area contributed by atoms with Crippen molar-refractivity contribution in [2.75, 3.05) is 0 Å². The van der Waals surface area contributed by atoms with E-state index in [-0.39, 0.29) is 5.54 Å². The molecular weight excluding hydrogens is 198 g/mol. The lowest BCUT2D eigenvalue weighted by molar-refractivity contribution is 0.327. The van der Waals surface area contributed by atoms with E-state index in [1.165, 1.54) is 12.1 Å². The quantitative estimate of drug-likeness (QED) is 0.771. The highest BCUT2D eigenvalue weighted by Crippen LogP contribution is 2.47. The number of nitrogens with zero attached hydrogens (tertiary/aromatic N) is 2. The highest BCUT2D eigenvalue weighted by atomic mass is 35.5. The average molecular weight is 212 g/mol. The Bertz CT molecular complexity index is 367. The summed E-state index contributed by atoms with van der Waals surface area (Å²) in [4.78, 5) is 4.16. The number of nitrogens with two attached hydrogens (primary N) is 1.